The number of aliphatic imine (C=N–C) groups is 1. The molecule has 6 nitrogen and oxygen atoms in total. The van der Waals surface area contributed by atoms with Gasteiger partial charge in [0.05, 0.1) is 23.3 Å². The zero-order valence-corrected chi connectivity index (χ0v) is 16.8. The van der Waals surface area contributed by atoms with Crippen LogP contribution in [-0.2, 0) is 4.74 Å². The number of alkyl halides is 1. The Bertz CT molecular complexity index is 743. The van der Waals surface area contributed by atoms with Crippen molar-refractivity contribution in [2.75, 3.05) is 19.7 Å². The number of morpholine rings is 1. The summed E-state index contributed by atoms with van der Waals surface area (Å²) < 4.78 is 5.60. The summed E-state index contributed by atoms with van der Waals surface area (Å²) in [5, 5.41) is 20.8. The van der Waals surface area contributed by atoms with Crippen LogP contribution in [0.5, 0.6) is 0 Å². The zero-order valence-electron chi connectivity index (χ0n) is 14.4. The Hall–Kier alpha value is -1.12. The molecule has 1 aliphatic carbocycles. The van der Waals surface area contributed by atoms with Crippen LogP contribution in [0.2, 0.25) is 0 Å². The van der Waals surface area contributed by atoms with Gasteiger partial charge in [-0.05, 0) is 43.0 Å². The van der Waals surface area contributed by atoms with Crippen molar-refractivity contribution in [1.29, 1.82) is 10.8 Å². The Balaban J connectivity index is 1.64. The topological polar surface area (TPSA) is 84.6 Å². The molecule has 0 amide bonds. The molecule has 8 heteroatoms. The van der Waals surface area contributed by atoms with E-state index in [2.05, 4.69) is 45.0 Å². The molecule has 3 aliphatic heterocycles. The lowest BCUT2D eigenvalue weighted by Crippen LogP contribution is -2.43. The lowest BCUT2D eigenvalue weighted by molar-refractivity contribution is 0.00688. The number of hydrogen-bond acceptors (Lipinski definition) is 5. The predicted molar refractivity (Wildman–Crippen MR) is 106 cm³/mol. The molecular formula is C17H22BrN5OS. The van der Waals surface area contributed by atoms with Crippen molar-refractivity contribution < 1.29 is 4.74 Å². The van der Waals surface area contributed by atoms with E-state index in [1.165, 1.54) is 0 Å². The third kappa shape index (κ3) is 3.08. The van der Waals surface area contributed by atoms with E-state index in [1.807, 2.05) is 0 Å². The van der Waals surface area contributed by atoms with Gasteiger partial charge in [0.1, 0.15) is 5.84 Å². The maximum absolute atomic E-state index is 8.37. The van der Waals surface area contributed by atoms with Crippen molar-refractivity contribution >= 4 is 44.5 Å². The normalized spacial score (nSPS) is 35.9. The Labute approximate surface area is 160 Å². The SMILES string of the molecule is CC1CC2=C(/C(=C3\SC(N4CCOC(C)C4)=NC3=N)NC2=N)C(Br)C1. The minimum Gasteiger partial charge on any atom is -0.375 e. The molecule has 0 aromatic heterocycles. The summed E-state index contributed by atoms with van der Waals surface area (Å²) in [5.74, 6) is 1.34. The number of nitrogens with zero attached hydrogens (tertiary/aromatic N) is 2. The molecule has 25 heavy (non-hydrogen) atoms. The fourth-order valence-corrected chi connectivity index (χ4v) is 5.96. The van der Waals surface area contributed by atoms with Crippen LogP contribution >= 0.6 is 27.7 Å². The molecule has 3 N–H and O–H groups in total. The predicted octanol–water partition coefficient (Wildman–Crippen LogP) is 3.07. The minimum absolute atomic E-state index is 0.182. The van der Waals surface area contributed by atoms with E-state index in [-0.39, 0.29) is 10.9 Å². The molecule has 3 heterocycles. The fourth-order valence-electron chi connectivity index (χ4n) is 3.80. The van der Waals surface area contributed by atoms with Crippen LogP contribution in [0, 0.1) is 16.7 Å². The van der Waals surface area contributed by atoms with Gasteiger partial charge in [-0.2, -0.15) is 0 Å². The van der Waals surface area contributed by atoms with Gasteiger partial charge in [-0.25, -0.2) is 4.99 Å². The van der Waals surface area contributed by atoms with Crippen molar-refractivity contribution in [1.82, 2.24) is 10.2 Å². The maximum atomic E-state index is 8.37. The highest BCUT2D eigenvalue weighted by Crippen LogP contribution is 2.44. The molecule has 1 fully saturated rings. The molecule has 0 radical (unpaired) electrons. The van der Waals surface area contributed by atoms with Gasteiger partial charge in [-0.15, -0.1) is 0 Å². The molecule has 0 saturated carbocycles. The summed E-state index contributed by atoms with van der Waals surface area (Å²) in [6.07, 6.45) is 2.16. The summed E-state index contributed by atoms with van der Waals surface area (Å²) >= 11 is 5.34. The fraction of sp³-hybridized carbons (Fsp3) is 0.588. The smallest absolute Gasteiger partial charge is 0.171 e. The molecule has 3 unspecified atom stereocenters. The van der Waals surface area contributed by atoms with Crippen molar-refractivity contribution in [3.05, 3.63) is 21.7 Å². The first-order valence-electron chi connectivity index (χ1n) is 8.63. The summed E-state index contributed by atoms with van der Waals surface area (Å²) in [5.41, 5.74) is 3.15. The van der Waals surface area contributed by atoms with Crippen LogP contribution < -0.4 is 5.32 Å². The van der Waals surface area contributed by atoms with Crippen LogP contribution in [0.25, 0.3) is 0 Å². The molecule has 0 spiro atoms. The molecule has 134 valence electrons. The molecule has 0 aromatic carbocycles. The summed E-state index contributed by atoms with van der Waals surface area (Å²) in [7, 11) is 0. The van der Waals surface area contributed by atoms with Gasteiger partial charge < -0.3 is 15.0 Å². The van der Waals surface area contributed by atoms with Gasteiger partial charge in [0, 0.05) is 23.5 Å². The molecule has 3 atom stereocenters. The van der Waals surface area contributed by atoms with E-state index in [9.17, 15) is 0 Å². The summed E-state index contributed by atoms with van der Waals surface area (Å²) in [4.78, 5) is 7.76. The number of nitrogens with one attached hydrogen (secondary N) is 3. The second kappa shape index (κ2) is 6.55. The molecule has 4 rings (SSSR count). The first-order valence-corrected chi connectivity index (χ1v) is 10.4. The third-order valence-electron chi connectivity index (χ3n) is 4.98. The Morgan fingerprint density at radius 2 is 2.16 bits per heavy atom. The maximum Gasteiger partial charge on any atom is 0.171 e. The van der Waals surface area contributed by atoms with E-state index in [1.54, 1.807) is 11.8 Å². The summed E-state index contributed by atoms with van der Waals surface area (Å²) in [6, 6.07) is 0. The van der Waals surface area contributed by atoms with Gasteiger partial charge in [-0.1, -0.05) is 22.9 Å². The average molecular weight is 424 g/mol. The van der Waals surface area contributed by atoms with Crippen LogP contribution in [-0.4, -0.2) is 52.4 Å². The van der Waals surface area contributed by atoms with E-state index < -0.39 is 0 Å². The second-order valence-corrected chi connectivity index (χ2v) is 9.16. The molecule has 0 aromatic rings. The average Bonchev–Trinajstić information content (AvgIpc) is 3.08. The Morgan fingerprint density at radius 1 is 1.36 bits per heavy atom. The minimum atomic E-state index is 0.182. The van der Waals surface area contributed by atoms with Crippen molar-refractivity contribution in [2.24, 2.45) is 10.9 Å². The Kier molecular flexibility index (Phi) is 4.54. The van der Waals surface area contributed by atoms with E-state index >= 15 is 0 Å². The molecule has 4 aliphatic rings. The van der Waals surface area contributed by atoms with Gasteiger partial charge >= 0.3 is 0 Å². The van der Waals surface area contributed by atoms with Gasteiger partial charge in [-0.3, -0.25) is 10.8 Å². The number of rotatable bonds is 0. The monoisotopic (exact) mass is 423 g/mol. The quantitative estimate of drug-likeness (QED) is 0.522. The number of allylic oxidation sites excluding steroid dienone is 1. The van der Waals surface area contributed by atoms with Gasteiger partial charge in [0.2, 0.25) is 0 Å². The lowest BCUT2D eigenvalue weighted by atomic mass is 9.85. The largest absolute Gasteiger partial charge is 0.375 e. The number of amidine groups is 3. The van der Waals surface area contributed by atoms with Crippen molar-refractivity contribution in [2.45, 2.75) is 37.6 Å². The highest BCUT2D eigenvalue weighted by Gasteiger charge is 2.38. The van der Waals surface area contributed by atoms with Crippen LogP contribution in [0.3, 0.4) is 0 Å². The number of halogens is 1. The van der Waals surface area contributed by atoms with Crippen LogP contribution in [0.15, 0.2) is 26.7 Å². The Morgan fingerprint density at radius 3 is 2.92 bits per heavy atom. The van der Waals surface area contributed by atoms with Crippen LogP contribution in [0.4, 0.5) is 0 Å². The first-order chi connectivity index (χ1) is 11.9. The first kappa shape index (κ1) is 17.3. The molecule has 1 saturated heterocycles. The van der Waals surface area contributed by atoms with Gasteiger partial charge in [0.15, 0.2) is 11.0 Å². The highest BCUT2D eigenvalue weighted by atomic mass is 79.9. The van der Waals surface area contributed by atoms with Crippen molar-refractivity contribution in [3.8, 4) is 0 Å². The van der Waals surface area contributed by atoms with E-state index in [0.717, 1.165) is 52.8 Å². The van der Waals surface area contributed by atoms with Gasteiger partial charge in [0.25, 0.3) is 0 Å². The summed E-state index contributed by atoms with van der Waals surface area (Å²) in [6.45, 7) is 6.59. The third-order valence-corrected chi connectivity index (χ3v) is 6.94. The number of hydrogen-bond donors (Lipinski definition) is 3. The molecular weight excluding hydrogens is 402 g/mol. The van der Waals surface area contributed by atoms with E-state index in [4.69, 9.17) is 15.6 Å². The highest BCUT2D eigenvalue weighted by molar-refractivity contribution is 9.09. The molecule has 0 bridgehead atoms. The second-order valence-electron chi connectivity index (χ2n) is 7.08. The number of thioether (sulfide) groups is 1. The van der Waals surface area contributed by atoms with Crippen LogP contribution in [0.1, 0.15) is 26.7 Å². The lowest BCUT2D eigenvalue weighted by Gasteiger charge is -2.31. The van der Waals surface area contributed by atoms with Crippen molar-refractivity contribution in [3.63, 3.8) is 0 Å². The zero-order chi connectivity index (χ0) is 17.7. The van der Waals surface area contributed by atoms with E-state index in [0.29, 0.717) is 24.2 Å². The standard InChI is InChI=1S/C17H22BrN5OS/c1-8-5-10-12(11(18)6-8)13(21-15(10)19)14-16(20)22-17(25-14)23-3-4-24-9(2)7-23/h8-9,11,20H,3-7H2,1-2H3,(H2,19,21)/b14-13+,20-16?. The number of ether oxygens (including phenoxy) is 1.